The number of benzene rings is 1. The number of nitrogens with one attached hydrogen (secondary N) is 2. The monoisotopic (exact) mass is 326 g/mol. The Morgan fingerprint density at radius 3 is 2.62 bits per heavy atom. The highest BCUT2D eigenvalue weighted by Crippen LogP contribution is 2.26. The first kappa shape index (κ1) is 16.4. The number of phenols is 1. The van der Waals surface area contributed by atoms with Crippen LogP contribution in [-0.4, -0.2) is 36.0 Å². The standard InChI is InChI=1S/C19H26N4O/c1-14(20-2)21-19(23-12-4-3-5-13-23)18-11-10-17(22-18)15-6-8-16(24)9-7-15/h6-10,14,21-22,24H,2-5,11-13H2,1H3/b19-18-. The molecule has 3 rings (SSSR count). The van der Waals surface area contributed by atoms with Gasteiger partial charge in [-0.2, -0.15) is 0 Å². The second-order valence-corrected chi connectivity index (χ2v) is 6.37. The van der Waals surface area contributed by atoms with Crippen LogP contribution >= 0.6 is 0 Å². The zero-order valence-electron chi connectivity index (χ0n) is 14.3. The largest absolute Gasteiger partial charge is 0.508 e. The summed E-state index contributed by atoms with van der Waals surface area (Å²) in [6.45, 7) is 7.81. The average Bonchev–Trinajstić information content (AvgIpc) is 3.10. The lowest BCUT2D eigenvalue weighted by atomic mass is 10.1. The number of aliphatic imine (C=N–C) groups is 1. The van der Waals surface area contributed by atoms with Gasteiger partial charge in [-0.25, -0.2) is 0 Å². The van der Waals surface area contributed by atoms with Crippen molar-refractivity contribution in [3.63, 3.8) is 0 Å². The number of allylic oxidation sites excluding steroid dienone is 1. The van der Waals surface area contributed by atoms with E-state index in [-0.39, 0.29) is 11.9 Å². The molecule has 0 spiro atoms. The van der Waals surface area contributed by atoms with Gasteiger partial charge >= 0.3 is 0 Å². The molecule has 0 radical (unpaired) electrons. The lowest BCUT2D eigenvalue weighted by Crippen LogP contribution is -2.40. The molecule has 0 aromatic heterocycles. The fourth-order valence-electron chi connectivity index (χ4n) is 3.19. The van der Waals surface area contributed by atoms with Gasteiger partial charge in [-0.15, -0.1) is 0 Å². The van der Waals surface area contributed by atoms with Crippen LogP contribution in [0.5, 0.6) is 5.75 Å². The van der Waals surface area contributed by atoms with E-state index in [0.717, 1.165) is 36.6 Å². The molecule has 1 aromatic carbocycles. The lowest BCUT2D eigenvalue weighted by Gasteiger charge is -2.34. The summed E-state index contributed by atoms with van der Waals surface area (Å²) in [5.74, 6) is 1.43. The Kier molecular flexibility index (Phi) is 5.08. The molecule has 5 nitrogen and oxygen atoms in total. The number of rotatable bonds is 5. The highest BCUT2D eigenvalue weighted by Gasteiger charge is 2.22. The van der Waals surface area contributed by atoms with Crippen molar-refractivity contribution in [1.29, 1.82) is 0 Å². The Balaban J connectivity index is 1.81. The van der Waals surface area contributed by atoms with Crippen LogP contribution in [0.3, 0.4) is 0 Å². The molecule has 1 saturated heterocycles. The molecular formula is C19H26N4O. The zero-order valence-corrected chi connectivity index (χ0v) is 14.3. The van der Waals surface area contributed by atoms with Crippen molar-refractivity contribution in [3.05, 3.63) is 47.4 Å². The predicted octanol–water partition coefficient (Wildman–Crippen LogP) is 3.02. The molecular weight excluding hydrogens is 300 g/mol. The van der Waals surface area contributed by atoms with E-state index in [1.54, 1.807) is 12.1 Å². The van der Waals surface area contributed by atoms with E-state index in [2.05, 4.69) is 33.3 Å². The minimum Gasteiger partial charge on any atom is -0.508 e. The predicted molar refractivity (Wildman–Crippen MR) is 98.4 cm³/mol. The van der Waals surface area contributed by atoms with Crippen molar-refractivity contribution in [3.8, 4) is 5.75 Å². The average molecular weight is 326 g/mol. The number of likely N-dealkylation sites (tertiary alicyclic amines) is 1. The molecule has 1 unspecified atom stereocenters. The molecule has 0 aliphatic carbocycles. The topological polar surface area (TPSA) is 59.9 Å². The Morgan fingerprint density at radius 1 is 1.25 bits per heavy atom. The molecule has 1 fully saturated rings. The van der Waals surface area contributed by atoms with E-state index >= 15 is 0 Å². The third-order valence-corrected chi connectivity index (χ3v) is 4.55. The van der Waals surface area contributed by atoms with Crippen LogP contribution < -0.4 is 10.6 Å². The smallest absolute Gasteiger partial charge is 0.123 e. The molecule has 1 aromatic rings. The van der Waals surface area contributed by atoms with Crippen molar-refractivity contribution in [2.24, 2.45) is 4.99 Å². The number of piperidine rings is 1. The van der Waals surface area contributed by atoms with E-state index in [1.165, 1.54) is 25.0 Å². The molecule has 24 heavy (non-hydrogen) atoms. The number of aromatic hydroxyl groups is 1. The molecule has 0 saturated carbocycles. The summed E-state index contributed by atoms with van der Waals surface area (Å²) in [6.07, 6.45) is 6.80. The third kappa shape index (κ3) is 3.72. The van der Waals surface area contributed by atoms with Crippen LogP contribution in [0, 0.1) is 0 Å². The highest BCUT2D eigenvalue weighted by molar-refractivity contribution is 5.69. The summed E-state index contributed by atoms with van der Waals surface area (Å²) in [5.41, 5.74) is 3.34. The third-order valence-electron chi connectivity index (χ3n) is 4.55. The van der Waals surface area contributed by atoms with Gasteiger partial charge in [-0.1, -0.05) is 6.08 Å². The van der Waals surface area contributed by atoms with Gasteiger partial charge in [0.25, 0.3) is 0 Å². The van der Waals surface area contributed by atoms with Crippen LogP contribution in [0.1, 0.15) is 38.2 Å². The molecule has 0 amide bonds. The van der Waals surface area contributed by atoms with E-state index < -0.39 is 0 Å². The minimum absolute atomic E-state index is 0.0195. The Bertz CT molecular complexity index is 642. The Hall–Kier alpha value is -2.43. The van der Waals surface area contributed by atoms with E-state index in [0.29, 0.717) is 0 Å². The van der Waals surface area contributed by atoms with Crippen molar-refractivity contribution in [2.75, 3.05) is 13.1 Å². The number of hydrogen-bond acceptors (Lipinski definition) is 5. The fourth-order valence-corrected chi connectivity index (χ4v) is 3.19. The van der Waals surface area contributed by atoms with Crippen molar-refractivity contribution in [2.45, 2.75) is 38.8 Å². The maximum atomic E-state index is 9.45. The second kappa shape index (κ2) is 7.43. The molecule has 5 heteroatoms. The molecule has 2 heterocycles. The van der Waals surface area contributed by atoms with Gasteiger partial charge in [0.1, 0.15) is 17.7 Å². The van der Waals surface area contributed by atoms with Crippen LogP contribution in [-0.2, 0) is 0 Å². The van der Waals surface area contributed by atoms with Crippen LogP contribution in [0.25, 0.3) is 5.70 Å². The highest BCUT2D eigenvalue weighted by atomic mass is 16.3. The first-order chi connectivity index (χ1) is 11.7. The van der Waals surface area contributed by atoms with Gasteiger partial charge in [0.2, 0.25) is 0 Å². The summed E-state index contributed by atoms with van der Waals surface area (Å²) in [4.78, 5) is 6.50. The molecule has 128 valence electrons. The maximum Gasteiger partial charge on any atom is 0.123 e. The summed E-state index contributed by atoms with van der Waals surface area (Å²) in [7, 11) is 0. The van der Waals surface area contributed by atoms with Crippen molar-refractivity contribution < 1.29 is 5.11 Å². The van der Waals surface area contributed by atoms with E-state index in [9.17, 15) is 5.11 Å². The normalized spacial score (nSPS) is 20.9. The van der Waals surface area contributed by atoms with Crippen LogP contribution in [0.2, 0.25) is 0 Å². The SMILES string of the molecule is C=NC(C)N/C(=C1\CC=C(c2ccc(O)cc2)N1)N1CCCCC1. The number of hydrogen-bond donors (Lipinski definition) is 3. The molecule has 3 N–H and O–H groups in total. The first-order valence-corrected chi connectivity index (χ1v) is 8.64. The van der Waals surface area contributed by atoms with Crippen molar-refractivity contribution >= 4 is 12.4 Å². The minimum atomic E-state index is -0.0195. The summed E-state index contributed by atoms with van der Waals surface area (Å²) in [5, 5.41) is 16.5. The van der Waals surface area contributed by atoms with Crippen molar-refractivity contribution in [1.82, 2.24) is 15.5 Å². The van der Waals surface area contributed by atoms with Gasteiger partial charge in [0.15, 0.2) is 0 Å². The summed E-state index contributed by atoms with van der Waals surface area (Å²) < 4.78 is 0. The number of phenolic OH excluding ortho intramolecular Hbond substituents is 1. The van der Waals surface area contributed by atoms with Gasteiger partial charge in [0, 0.05) is 25.2 Å². The molecule has 2 aliphatic heterocycles. The fraction of sp³-hybridized carbons (Fsp3) is 0.421. The lowest BCUT2D eigenvalue weighted by molar-refractivity contribution is 0.257. The molecule has 2 aliphatic rings. The van der Waals surface area contributed by atoms with Gasteiger partial charge in [-0.05, 0) is 62.7 Å². The summed E-state index contributed by atoms with van der Waals surface area (Å²) in [6, 6.07) is 7.29. The van der Waals surface area contributed by atoms with Gasteiger partial charge in [0.05, 0.1) is 5.70 Å². The van der Waals surface area contributed by atoms with Gasteiger partial charge in [-0.3, -0.25) is 4.99 Å². The van der Waals surface area contributed by atoms with Gasteiger partial charge < -0.3 is 20.6 Å². The Morgan fingerprint density at radius 2 is 1.96 bits per heavy atom. The van der Waals surface area contributed by atoms with Crippen LogP contribution in [0.15, 0.2) is 46.9 Å². The van der Waals surface area contributed by atoms with E-state index in [4.69, 9.17) is 0 Å². The zero-order chi connectivity index (χ0) is 16.9. The maximum absolute atomic E-state index is 9.45. The number of nitrogens with zero attached hydrogens (tertiary/aromatic N) is 2. The quantitative estimate of drug-likeness (QED) is 0.728. The summed E-state index contributed by atoms with van der Waals surface area (Å²) >= 11 is 0. The Labute approximate surface area is 143 Å². The van der Waals surface area contributed by atoms with E-state index in [1.807, 2.05) is 19.1 Å². The molecule has 0 bridgehead atoms. The molecule has 1 atom stereocenters. The second-order valence-electron chi connectivity index (χ2n) is 6.37. The van der Waals surface area contributed by atoms with Crippen LogP contribution in [0.4, 0.5) is 0 Å². The first-order valence-electron chi connectivity index (χ1n) is 8.64.